The minimum Gasteiger partial charge on any atom is -0.338 e. The minimum atomic E-state index is -0.101. The second-order valence-electron chi connectivity index (χ2n) is 8.47. The number of carbonyl (C=O) groups is 1. The van der Waals surface area contributed by atoms with E-state index in [0.29, 0.717) is 13.1 Å². The quantitative estimate of drug-likeness (QED) is 0.577. The van der Waals surface area contributed by atoms with Gasteiger partial charge in [-0.2, -0.15) is 0 Å². The number of fused-ring (bicyclic) bond motifs is 5. The van der Waals surface area contributed by atoms with Gasteiger partial charge in [-0.3, -0.25) is 0 Å². The summed E-state index contributed by atoms with van der Waals surface area (Å²) in [5.41, 5.74) is 6.42. The predicted octanol–water partition coefficient (Wildman–Crippen LogP) is 5.75. The van der Waals surface area contributed by atoms with Crippen molar-refractivity contribution in [1.29, 1.82) is 0 Å². The molecule has 1 atom stereocenters. The van der Waals surface area contributed by atoms with E-state index >= 15 is 0 Å². The van der Waals surface area contributed by atoms with Crippen LogP contribution in [0, 0.1) is 6.92 Å². The SMILES string of the molecule is CCCNC(=O)N1Cc2c(sc3c2CCCC3)-n2cccc2C1c1cccc(C)c1. The van der Waals surface area contributed by atoms with Crippen molar-refractivity contribution in [2.24, 2.45) is 0 Å². The molecular formula is C25H29N3OS. The lowest BCUT2D eigenvalue weighted by Gasteiger charge is -2.31. The van der Waals surface area contributed by atoms with Gasteiger partial charge < -0.3 is 14.8 Å². The average molecular weight is 420 g/mol. The summed E-state index contributed by atoms with van der Waals surface area (Å²) in [5, 5.41) is 4.46. The lowest BCUT2D eigenvalue weighted by molar-refractivity contribution is 0.180. The first kappa shape index (κ1) is 19.4. The van der Waals surface area contributed by atoms with Gasteiger partial charge in [-0.1, -0.05) is 36.8 Å². The predicted molar refractivity (Wildman–Crippen MR) is 123 cm³/mol. The Hall–Kier alpha value is -2.53. The maximum Gasteiger partial charge on any atom is 0.318 e. The van der Waals surface area contributed by atoms with Crippen LogP contribution in [0.25, 0.3) is 5.00 Å². The minimum absolute atomic E-state index is 0.0275. The summed E-state index contributed by atoms with van der Waals surface area (Å²) in [6.07, 6.45) is 7.94. The largest absolute Gasteiger partial charge is 0.338 e. The van der Waals surface area contributed by atoms with E-state index in [-0.39, 0.29) is 12.1 Å². The van der Waals surface area contributed by atoms with Gasteiger partial charge in [-0.25, -0.2) is 4.79 Å². The van der Waals surface area contributed by atoms with Gasteiger partial charge in [0.15, 0.2) is 0 Å². The maximum atomic E-state index is 13.4. The van der Waals surface area contributed by atoms with Crippen LogP contribution in [0.2, 0.25) is 0 Å². The van der Waals surface area contributed by atoms with E-state index in [4.69, 9.17) is 0 Å². The van der Waals surface area contributed by atoms with Gasteiger partial charge in [0.2, 0.25) is 0 Å². The summed E-state index contributed by atoms with van der Waals surface area (Å²) in [5.74, 6) is 0. The molecule has 30 heavy (non-hydrogen) atoms. The van der Waals surface area contributed by atoms with Gasteiger partial charge in [0.1, 0.15) is 5.00 Å². The first-order chi connectivity index (χ1) is 14.7. The molecule has 5 rings (SSSR count). The standard InChI is InChI=1S/C25H29N3OS/c1-3-13-26-25(29)28-16-20-19-10-4-5-12-22(19)30-24(20)27-14-7-11-21(27)23(28)18-9-6-8-17(2)15-18/h6-9,11,14-15,23H,3-5,10,12-13,16H2,1-2H3,(H,26,29). The van der Waals surface area contributed by atoms with Gasteiger partial charge in [0.25, 0.3) is 0 Å². The molecule has 5 heteroatoms. The number of hydrogen-bond acceptors (Lipinski definition) is 2. The van der Waals surface area contributed by atoms with Crippen LogP contribution in [0.5, 0.6) is 0 Å². The number of carbonyl (C=O) groups excluding carboxylic acids is 1. The number of thiophene rings is 1. The highest BCUT2D eigenvalue weighted by molar-refractivity contribution is 7.15. The number of nitrogens with one attached hydrogen (secondary N) is 1. The van der Waals surface area contributed by atoms with Crippen LogP contribution < -0.4 is 5.32 Å². The van der Waals surface area contributed by atoms with Crippen molar-refractivity contribution in [3.05, 3.63) is 75.4 Å². The Labute approximate surface area is 182 Å². The number of urea groups is 1. The zero-order valence-electron chi connectivity index (χ0n) is 17.8. The third kappa shape index (κ3) is 3.25. The lowest BCUT2D eigenvalue weighted by Crippen LogP contribution is -2.42. The number of aryl methyl sites for hydroxylation is 2. The first-order valence-corrected chi connectivity index (χ1v) is 11.9. The molecule has 0 spiro atoms. The Morgan fingerprint density at radius 2 is 2.03 bits per heavy atom. The smallest absolute Gasteiger partial charge is 0.318 e. The van der Waals surface area contributed by atoms with Gasteiger partial charge in [0, 0.05) is 23.2 Å². The van der Waals surface area contributed by atoms with Crippen LogP contribution >= 0.6 is 11.3 Å². The van der Waals surface area contributed by atoms with E-state index in [1.54, 1.807) is 0 Å². The van der Waals surface area contributed by atoms with Gasteiger partial charge in [-0.15, -0.1) is 11.3 Å². The molecule has 2 aromatic heterocycles. The van der Waals surface area contributed by atoms with Crippen LogP contribution in [0.15, 0.2) is 42.6 Å². The molecule has 0 fully saturated rings. The van der Waals surface area contributed by atoms with Crippen LogP contribution in [0.3, 0.4) is 0 Å². The van der Waals surface area contributed by atoms with E-state index in [1.807, 2.05) is 11.3 Å². The molecule has 3 aromatic rings. The van der Waals surface area contributed by atoms with Crippen molar-refractivity contribution in [3.63, 3.8) is 0 Å². The summed E-state index contributed by atoms with van der Waals surface area (Å²) < 4.78 is 2.35. The molecule has 1 aliphatic heterocycles. The van der Waals surface area contributed by atoms with E-state index < -0.39 is 0 Å². The topological polar surface area (TPSA) is 37.3 Å². The highest BCUT2D eigenvalue weighted by atomic mass is 32.1. The molecule has 156 valence electrons. The zero-order chi connectivity index (χ0) is 20.7. The third-order valence-electron chi connectivity index (χ3n) is 6.32. The molecule has 0 saturated heterocycles. The normalized spacial score (nSPS) is 17.7. The highest BCUT2D eigenvalue weighted by Crippen LogP contribution is 2.44. The number of benzene rings is 1. The molecule has 1 aliphatic carbocycles. The molecule has 0 radical (unpaired) electrons. The van der Waals surface area contributed by atoms with Crippen molar-refractivity contribution in [3.8, 4) is 5.00 Å². The highest BCUT2D eigenvalue weighted by Gasteiger charge is 2.35. The second-order valence-corrected chi connectivity index (χ2v) is 9.56. The van der Waals surface area contributed by atoms with Crippen LogP contribution in [-0.4, -0.2) is 22.0 Å². The molecule has 3 heterocycles. The molecule has 2 amide bonds. The maximum absolute atomic E-state index is 13.4. The number of amides is 2. The summed E-state index contributed by atoms with van der Waals surface area (Å²) in [4.78, 5) is 17.0. The van der Waals surface area contributed by atoms with Crippen LogP contribution in [0.1, 0.15) is 65.1 Å². The molecular weight excluding hydrogens is 390 g/mol. The van der Waals surface area contributed by atoms with E-state index in [9.17, 15) is 4.79 Å². The van der Waals surface area contributed by atoms with Crippen molar-refractivity contribution < 1.29 is 4.79 Å². The monoisotopic (exact) mass is 419 g/mol. The molecule has 4 nitrogen and oxygen atoms in total. The summed E-state index contributed by atoms with van der Waals surface area (Å²) in [6.45, 7) is 5.58. The van der Waals surface area contributed by atoms with E-state index in [1.165, 1.54) is 57.1 Å². The molecule has 0 bridgehead atoms. The summed E-state index contributed by atoms with van der Waals surface area (Å²) in [7, 11) is 0. The lowest BCUT2D eigenvalue weighted by atomic mass is 9.95. The van der Waals surface area contributed by atoms with Crippen molar-refractivity contribution >= 4 is 17.4 Å². The van der Waals surface area contributed by atoms with Gasteiger partial charge >= 0.3 is 6.03 Å². The second kappa shape index (κ2) is 7.95. The van der Waals surface area contributed by atoms with Gasteiger partial charge in [0.05, 0.1) is 18.3 Å². The summed E-state index contributed by atoms with van der Waals surface area (Å²) >= 11 is 1.94. The van der Waals surface area contributed by atoms with Crippen molar-refractivity contribution in [2.75, 3.05) is 6.54 Å². The Bertz CT molecular complexity index is 1080. The molecule has 0 saturated carbocycles. The van der Waals surface area contributed by atoms with E-state index in [2.05, 4.69) is 71.2 Å². The van der Waals surface area contributed by atoms with Crippen molar-refractivity contribution in [1.82, 2.24) is 14.8 Å². The van der Waals surface area contributed by atoms with Crippen molar-refractivity contribution in [2.45, 2.75) is 58.5 Å². The summed E-state index contributed by atoms with van der Waals surface area (Å²) in [6, 6.07) is 12.8. The Balaban J connectivity index is 1.69. The van der Waals surface area contributed by atoms with Crippen LogP contribution in [0.4, 0.5) is 4.79 Å². The molecule has 2 aliphatic rings. The van der Waals surface area contributed by atoms with Gasteiger partial charge in [-0.05, 0) is 62.3 Å². The molecule has 1 unspecified atom stereocenters. The fraction of sp³-hybridized carbons (Fsp3) is 0.400. The van der Waals surface area contributed by atoms with Crippen LogP contribution in [-0.2, 0) is 19.4 Å². The number of rotatable bonds is 3. The number of aromatic nitrogens is 1. The molecule has 1 N–H and O–H groups in total. The number of nitrogens with zero attached hydrogens (tertiary/aromatic N) is 2. The Morgan fingerprint density at radius 3 is 2.87 bits per heavy atom. The number of hydrogen-bond donors (Lipinski definition) is 1. The first-order valence-electron chi connectivity index (χ1n) is 11.1. The average Bonchev–Trinajstić information content (AvgIpc) is 3.34. The fourth-order valence-electron chi connectivity index (χ4n) is 4.91. The van der Waals surface area contributed by atoms with E-state index in [0.717, 1.165) is 12.8 Å². The Morgan fingerprint density at radius 1 is 1.17 bits per heavy atom. The zero-order valence-corrected chi connectivity index (χ0v) is 18.6. The third-order valence-corrected chi connectivity index (χ3v) is 7.66. The molecule has 1 aromatic carbocycles. The fourth-order valence-corrected chi connectivity index (χ4v) is 6.31. The Kier molecular flexibility index (Phi) is 5.15.